The molecule has 0 saturated heterocycles. The fourth-order valence-electron chi connectivity index (χ4n) is 6.66. The number of aryl methyl sites for hydroxylation is 2. The summed E-state index contributed by atoms with van der Waals surface area (Å²) in [7, 11) is 5.81. The van der Waals surface area contributed by atoms with Crippen molar-refractivity contribution in [1.29, 1.82) is 0 Å². The van der Waals surface area contributed by atoms with Gasteiger partial charge in [-0.3, -0.25) is 9.59 Å². The molecule has 22 heteroatoms. The Morgan fingerprint density at radius 2 is 1.05 bits per heavy atom. The number of oxazole rings is 1. The van der Waals surface area contributed by atoms with Crippen molar-refractivity contribution in [3.8, 4) is 46.3 Å². The van der Waals surface area contributed by atoms with E-state index in [1.165, 1.54) is 46.0 Å². The van der Waals surface area contributed by atoms with Crippen LogP contribution in [-0.2, 0) is 10.8 Å². The second-order valence-corrected chi connectivity index (χ2v) is 21.4. The zero-order valence-electron chi connectivity index (χ0n) is 46.3. The summed E-state index contributed by atoms with van der Waals surface area (Å²) in [5.41, 5.74) is 4.64. The van der Waals surface area contributed by atoms with Gasteiger partial charge in [0.2, 0.25) is 35.4 Å². The Morgan fingerprint density at radius 1 is 0.600 bits per heavy atom. The average Bonchev–Trinajstić information content (AvgIpc) is 4.03. The van der Waals surface area contributed by atoms with Crippen LogP contribution in [0.3, 0.4) is 0 Å². The highest BCUT2D eigenvalue weighted by molar-refractivity contribution is 7.11. The number of hydrogen-bond acceptors (Lipinski definition) is 20. The first-order chi connectivity index (χ1) is 35.3. The number of benzene rings is 2. The number of aromatic nitrogens is 6. The maximum absolute atomic E-state index is 13.0. The number of ether oxygens (including phenoxy) is 6. The van der Waals surface area contributed by atoms with Crippen molar-refractivity contribution < 1.29 is 42.4 Å². The monoisotopic (exact) mass is 1050 g/mol. The van der Waals surface area contributed by atoms with Gasteiger partial charge in [-0.05, 0) is 79.8 Å². The lowest BCUT2D eigenvalue weighted by atomic mass is 9.86. The highest BCUT2D eigenvalue weighted by Crippen LogP contribution is 2.37. The van der Waals surface area contributed by atoms with E-state index in [1.807, 2.05) is 38.1 Å². The number of thiazole rings is 1. The Labute approximate surface area is 444 Å². The first-order valence-corrected chi connectivity index (χ1v) is 25.3. The van der Waals surface area contributed by atoms with Gasteiger partial charge in [-0.15, -0.1) is 0 Å². The number of carbonyl (C=O) groups is 2. The van der Waals surface area contributed by atoms with E-state index in [1.54, 1.807) is 5.38 Å². The van der Waals surface area contributed by atoms with Crippen LogP contribution in [0.2, 0.25) is 0 Å². The molecule has 6 aromatic rings. The van der Waals surface area contributed by atoms with Crippen LogP contribution in [0.25, 0.3) is 0 Å². The van der Waals surface area contributed by atoms with E-state index in [-0.39, 0.29) is 68.7 Å². The van der Waals surface area contributed by atoms with E-state index in [0.29, 0.717) is 54.3 Å². The fraction of sp³-hybridized carbons (Fsp3) is 0.472. The predicted octanol–water partition coefficient (Wildman–Crippen LogP) is 9.94. The lowest BCUT2D eigenvalue weighted by molar-refractivity contribution is 0.101. The number of methoxy groups -OCH3 is 4. The molecular weight excluding hydrogens is 981 g/mol. The molecule has 0 bridgehead atoms. The van der Waals surface area contributed by atoms with Crippen molar-refractivity contribution in [3.05, 3.63) is 81.7 Å². The molecule has 0 radical (unpaired) electrons. The first kappa shape index (κ1) is 58.6. The highest BCUT2D eigenvalue weighted by atomic mass is 32.1. The minimum atomic E-state index is -0.570. The molecule has 4 heterocycles. The summed E-state index contributed by atoms with van der Waals surface area (Å²) in [5.74, 6) is 1.50. The van der Waals surface area contributed by atoms with Gasteiger partial charge in [0.1, 0.15) is 23.5 Å². The summed E-state index contributed by atoms with van der Waals surface area (Å²) in [5, 5.41) is 20.4. The van der Waals surface area contributed by atoms with Gasteiger partial charge in [-0.1, -0.05) is 91.0 Å². The van der Waals surface area contributed by atoms with E-state index in [4.69, 9.17) is 32.8 Å². The summed E-state index contributed by atoms with van der Waals surface area (Å²) in [6.07, 6.45) is 1.16. The topological polar surface area (TPSA) is 252 Å². The molecule has 0 spiro atoms. The van der Waals surface area contributed by atoms with Crippen molar-refractivity contribution in [2.24, 2.45) is 0 Å². The van der Waals surface area contributed by atoms with Gasteiger partial charge in [0, 0.05) is 43.1 Å². The largest absolute Gasteiger partial charge is 0.479 e. The molecule has 6 rings (SSSR count). The van der Waals surface area contributed by atoms with Crippen LogP contribution in [0.15, 0.2) is 52.5 Å². The van der Waals surface area contributed by atoms with Gasteiger partial charge in [0.25, 0.3) is 17.0 Å². The predicted molar refractivity (Wildman–Crippen MR) is 293 cm³/mol. The molecule has 0 aliphatic carbocycles. The first-order valence-electron chi connectivity index (χ1n) is 24.4. The molecule has 0 saturated carbocycles. The Hall–Kier alpha value is -7.30. The van der Waals surface area contributed by atoms with Crippen molar-refractivity contribution in [1.82, 2.24) is 40.5 Å². The molecule has 75 heavy (non-hydrogen) atoms. The number of anilines is 4. The average molecular weight is 1060 g/mol. The number of rotatable bonds is 21. The standard InChI is InChI=1S/C27H38N6O5.C26H36N6O4S/c1-16-10-11-17(26(2,3)4)14-19(16)38-25-30-18(15-37-25)21(34)31-20-22(35-8)32-24(33-23(20)36-9)28-12-13-29-27(5,6)7;1-15(2)27-11-12-28-24-31-22(34-7)20(23(32-24)35-8)30-21(33)18-14-37-25(29-18)36-19-13-17(26(4,5)6)10-9-16(19)3/h10-11,14-15,29H,12-13H2,1-9H3,(H,31,34)(H,28,32,33);9-10,13-15,27H,11-12H2,1-8H3,(H,30,33)(H,28,31,32). The van der Waals surface area contributed by atoms with Gasteiger partial charge in [0.15, 0.2) is 17.1 Å². The smallest absolute Gasteiger partial charge is 0.399 e. The summed E-state index contributed by atoms with van der Waals surface area (Å²) < 4.78 is 38.9. The van der Waals surface area contributed by atoms with Gasteiger partial charge < -0.3 is 64.7 Å². The molecule has 406 valence electrons. The lowest BCUT2D eigenvalue weighted by Crippen LogP contribution is -2.38. The lowest BCUT2D eigenvalue weighted by Gasteiger charge is -2.20. The molecule has 0 fully saturated rings. The minimum absolute atomic E-state index is 0.00388. The third-order valence-electron chi connectivity index (χ3n) is 10.9. The number of hydrogen-bond donors (Lipinski definition) is 6. The summed E-state index contributed by atoms with van der Waals surface area (Å²) in [6.45, 7) is 29.7. The number of nitrogens with zero attached hydrogens (tertiary/aromatic N) is 6. The quantitative estimate of drug-likeness (QED) is 0.0367. The summed E-state index contributed by atoms with van der Waals surface area (Å²) >= 11 is 1.24. The Balaban J connectivity index is 0.000000277. The highest BCUT2D eigenvalue weighted by Gasteiger charge is 2.25. The van der Waals surface area contributed by atoms with E-state index < -0.39 is 11.8 Å². The van der Waals surface area contributed by atoms with Gasteiger partial charge in [0.05, 0.1) is 28.4 Å². The molecule has 0 aliphatic heterocycles. The Bertz CT molecular complexity index is 2820. The van der Waals surface area contributed by atoms with Crippen molar-refractivity contribution >= 4 is 46.4 Å². The number of carbonyl (C=O) groups excluding carboxylic acids is 2. The Kier molecular flexibility index (Phi) is 20.1. The van der Waals surface area contributed by atoms with Crippen LogP contribution < -0.4 is 60.3 Å². The van der Waals surface area contributed by atoms with E-state index in [2.05, 4.69) is 150 Å². The van der Waals surface area contributed by atoms with Crippen LogP contribution in [-0.4, -0.2) is 108 Å². The van der Waals surface area contributed by atoms with E-state index in [0.717, 1.165) is 28.8 Å². The van der Waals surface area contributed by atoms with Crippen molar-refractivity contribution in [2.45, 2.75) is 112 Å². The van der Waals surface area contributed by atoms with Crippen LogP contribution in [0.1, 0.15) is 119 Å². The SMILES string of the molecule is COc1nc(NCCNC(C)(C)C)nc(OC)c1NC(=O)c1coc(Oc2cc(C(C)(C)C)ccc2C)n1.COc1nc(NCCNC(C)C)nc(OC)c1NC(=O)c1csc(Oc2cc(C(C)(C)C)ccc2C)n1. The third-order valence-corrected chi connectivity index (χ3v) is 11.6. The van der Waals surface area contributed by atoms with Gasteiger partial charge in [-0.25, -0.2) is 0 Å². The maximum atomic E-state index is 13.0. The maximum Gasteiger partial charge on any atom is 0.399 e. The molecule has 4 aromatic heterocycles. The summed E-state index contributed by atoms with van der Waals surface area (Å²) in [6, 6.07) is 12.5. The van der Waals surface area contributed by atoms with Crippen LogP contribution in [0.5, 0.6) is 46.3 Å². The molecule has 0 unspecified atom stereocenters. The molecular formula is C53H74N12O9S. The van der Waals surface area contributed by atoms with Gasteiger partial charge >= 0.3 is 6.08 Å². The minimum Gasteiger partial charge on any atom is -0.479 e. The second-order valence-electron chi connectivity index (χ2n) is 20.6. The van der Waals surface area contributed by atoms with Crippen molar-refractivity contribution in [2.75, 3.05) is 75.9 Å². The normalized spacial score (nSPS) is 11.5. The zero-order chi connectivity index (χ0) is 55.3. The molecule has 6 N–H and O–H groups in total. The van der Waals surface area contributed by atoms with Gasteiger partial charge in [-0.2, -0.15) is 29.9 Å². The Morgan fingerprint density at radius 3 is 1.49 bits per heavy atom. The molecule has 2 aromatic carbocycles. The molecule has 21 nitrogen and oxygen atoms in total. The fourth-order valence-corrected chi connectivity index (χ4v) is 7.33. The molecule has 0 atom stereocenters. The zero-order valence-corrected chi connectivity index (χ0v) is 47.1. The van der Waals surface area contributed by atoms with Crippen LogP contribution >= 0.6 is 11.3 Å². The van der Waals surface area contributed by atoms with E-state index in [9.17, 15) is 9.59 Å². The molecule has 2 amide bonds. The number of nitrogens with one attached hydrogen (secondary N) is 6. The van der Waals surface area contributed by atoms with Crippen LogP contribution in [0.4, 0.5) is 23.3 Å². The summed E-state index contributed by atoms with van der Waals surface area (Å²) in [4.78, 5) is 51.9. The van der Waals surface area contributed by atoms with Crippen molar-refractivity contribution in [3.63, 3.8) is 0 Å². The second kappa shape index (κ2) is 25.8. The molecule has 0 aliphatic rings. The number of amides is 2. The van der Waals surface area contributed by atoms with E-state index >= 15 is 0 Å². The third kappa shape index (κ3) is 17.1. The van der Waals surface area contributed by atoms with Crippen LogP contribution in [0, 0.1) is 13.8 Å².